The lowest BCUT2D eigenvalue weighted by atomic mass is 9.87. The smallest absolute Gasteiger partial charge is 0.115 e. The molecule has 16 heavy (non-hydrogen) atoms. The minimum atomic E-state index is 0.327. The first-order chi connectivity index (χ1) is 7.71. The van der Waals surface area contributed by atoms with Crippen LogP contribution in [0.15, 0.2) is 24.3 Å². The number of phenolic OH excluding ortho intramolecular Hbond substituents is 1. The molecule has 0 radical (unpaired) electrons. The van der Waals surface area contributed by atoms with Crippen molar-refractivity contribution in [1.82, 2.24) is 0 Å². The predicted octanol–water partition coefficient (Wildman–Crippen LogP) is 1.81. The van der Waals surface area contributed by atoms with E-state index in [4.69, 9.17) is 11.5 Å². The maximum Gasteiger partial charge on any atom is 0.115 e. The van der Waals surface area contributed by atoms with E-state index in [-0.39, 0.29) is 0 Å². The van der Waals surface area contributed by atoms with E-state index < -0.39 is 0 Å². The van der Waals surface area contributed by atoms with Gasteiger partial charge in [-0.25, -0.2) is 0 Å². The summed E-state index contributed by atoms with van der Waals surface area (Å²) in [7, 11) is 0. The van der Waals surface area contributed by atoms with Crippen LogP contribution in [0.4, 0.5) is 0 Å². The molecule has 0 aliphatic carbocycles. The summed E-state index contributed by atoms with van der Waals surface area (Å²) in [5, 5.41) is 9.46. The van der Waals surface area contributed by atoms with Crippen molar-refractivity contribution in [3.05, 3.63) is 29.8 Å². The first kappa shape index (κ1) is 13.0. The van der Waals surface area contributed by atoms with E-state index in [9.17, 15) is 5.11 Å². The Morgan fingerprint density at radius 2 is 1.94 bits per heavy atom. The van der Waals surface area contributed by atoms with E-state index in [1.807, 2.05) is 12.1 Å². The first-order valence-electron chi connectivity index (χ1n) is 5.90. The van der Waals surface area contributed by atoms with Crippen LogP contribution in [0, 0.1) is 5.92 Å². The minimum absolute atomic E-state index is 0.327. The summed E-state index contributed by atoms with van der Waals surface area (Å²) >= 11 is 0. The van der Waals surface area contributed by atoms with Crippen LogP contribution in [-0.4, -0.2) is 18.2 Å². The zero-order chi connectivity index (χ0) is 12.0. The van der Waals surface area contributed by atoms with Gasteiger partial charge in [0.25, 0.3) is 0 Å². The maximum absolute atomic E-state index is 9.46. The molecule has 0 heterocycles. The van der Waals surface area contributed by atoms with Gasteiger partial charge in [-0.2, -0.15) is 0 Å². The number of benzene rings is 1. The Morgan fingerprint density at radius 1 is 1.25 bits per heavy atom. The number of hydrogen-bond acceptors (Lipinski definition) is 3. The van der Waals surface area contributed by atoms with Crippen molar-refractivity contribution in [2.24, 2.45) is 17.4 Å². The highest BCUT2D eigenvalue weighted by Crippen LogP contribution is 2.28. The highest BCUT2D eigenvalue weighted by atomic mass is 16.3. The lowest BCUT2D eigenvalue weighted by Gasteiger charge is -2.21. The third kappa shape index (κ3) is 3.51. The van der Waals surface area contributed by atoms with Crippen LogP contribution in [0.25, 0.3) is 0 Å². The molecule has 0 aliphatic heterocycles. The Morgan fingerprint density at radius 3 is 2.44 bits per heavy atom. The molecule has 0 saturated heterocycles. The largest absolute Gasteiger partial charge is 0.508 e. The van der Waals surface area contributed by atoms with Gasteiger partial charge in [0, 0.05) is 0 Å². The lowest BCUT2D eigenvalue weighted by Crippen LogP contribution is -2.25. The molecular formula is C13H22N2O. The molecular weight excluding hydrogens is 200 g/mol. The molecule has 1 aromatic rings. The summed E-state index contributed by atoms with van der Waals surface area (Å²) in [5.41, 5.74) is 12.5. The van der Waals surface area contributed by atoms with Crippen LogP contribution < -0.4 is 11.5 Å². The van der Waals surface area contributed by atoms with E-state index in [0.29, 0.717) is 30.7 Å². The molecule has 3 nitrogen and oxygen atoms in total. The maximum atomic E-state index is 9.46. The van der Waals surface area contributed by atoms with E-state index in [0.717, 1.165) is 12.8 Å². The topological polar surface area (TPSA) is 72.3 Å². The number of nitrogens with two attached hydrogens (primary N) is 2. The van der Waals surface area contributed by atoms with Crippen molar-refractivity contribution in [2.45, 2.75) is 25.7 Å². The lowest BCUT2D eigenvalue weighted by molar-refractivity contribution is 0.438. The van der Waals surface area contributed by atoms with E-state index >= 15 is 0 Å². The second-order valence-electron chi connectivity index (χ2n) is 4.27. The number of hydrogen-bond donors (Lipinski definition) is 3. The summed E-state index contributed by atoms with van der Waals surface area (Å²) in [6, 6.07) is 7.46. The fraction of sp³-hybridized carbons (Fsp3) is 0.538. The summed E-state index contributed by atoms with van der Waals surface area (Å²) in [6.45, 7) is 3.41. The molecule has 3 heteroatoms. The quantitative estimate of drug-likeness (QED) is 0.687. The normalized spacial score (nSPS) is 13.0. The Kier molecular flexibility index (Phi) is 5.29. The molecule has 0 bridgehead atoms. The highest BCUT2D eigenvalue weighted by molar-refractivity contribution is 5.29. The van der Waals surface area contributed by atoms with Gasteiger partial charge in [-0.15, -0.1) is 0 Å². The molecule has 0 aliphatic rings. The van der Waals surface area contributed by atoms with Gasteiger partial charge < -0.3 is 16.6 Å². The molecule has 0 saturated carbocycles. The van der Waals surface area contributed by atoms with Gasteiger partial charge in [0.15, 0.2) is 0 Å². The van der Waals surface area contributed by atoms with Gasteiger partial charge in [0.05, 0.1) is 0 Å². The van der Waals surface area contributed by atoms with Crippen molar-refractivity contribution in [3.8, 4) is 5.75 Å². The van der Waals surface area contributed by atoms with Crippen LogP contribution in [-0.2, 0) is 0 Å². The zero-order valence-electron chi connectivity index (χ0n) is 9.89. The molecule has 1 unspecified atom stereocenters. The van der Waals surface area contributed by atoms with Gasteiger partial charge in [-0.1, -0.05) is 19.1 Å². The van der Waals surface area contributed by atoms with Crippen molar-refractivity contribution in [2.75, 3.05) is 13.1 Å². The first-order valence-corrected chi connectivity index (χ1v) is 5.90. The molecule has 0 spiro atoms. The Bertz CT molecular complexity index is 311. The molecule has 0 aromatic heterocycles. The number of phenols is 1. The zero-order valence-corrected chi connectivity index (χ0v) is 9.89. The van der Waals surface area contributed by atoms with Crippen LogP contribution in [0.3, 0.4) is 0 Å². The van der Waals surface area contributed by atoms with Crippen LogP contribution in [0.1, 0.15) is 31.2 Å². The number of rotatable bonds is 6. The van der Waals surface area contributed by atoms with Crippen molar-refractivity contribution < 1.29 is 5.11 Å². The predicted molar refractivity (Wildman–Crippen MR) is 67.4 cm³/mol. The van der Waals surface area contributed by atoms with Crippen molar-refractivity contribution in [3.63, 3.8) is 0 Å². The standard InChI is InChI=1S/C13H22N2O/c1-2-11(6-10(8-14)9-15)12-4-3-5-13(16)7-12/h3-5,7,10-11,16H,2,6,8-9,14-15H2,1H3. The molecule has 90 valence electrons. The second kappa shape index (κ2) is 6.51. The number of aromatic hydroxyl groups is 1. The third-order valence-electron chi connectivity index (χ3n) is 3.12. The van der Waals surface area contributed by atoms with Crippen molar-refractivity contribution in [1.29, 1.82) is 0 Å². The molecule has 1 aromatic carbocycles. The molecule has 1 atom stereocenters. The summed E-state index contributed by atoms with van der Waals surface area (Å²) < 4.78 is 0. The molecule has 0 amide bonds. The third-order valence-corrected chi connectivity index (χ3v) is 3.12. The monoisotopic (exact) mass is 222 g/mol. The highest BCUT2D eigenvalue weighted by Gasteiger charge is 2.15. The average molecular weight is 222 g/mol. The van der Waals surface area contributed by atoms with E-state index in [1.54, 1.807) is 6.07 Å². The Labute approximate surface area is 97.5 Å². The van der Waals surface area contributed by atoms with E-state index in [2.05, 4.69) is 13.0 Å². The van der Waals surface area contributed by atoms with Gasteiger partial charge in [-0.05, 0) is 55.5 Å². The average Bonchev–Trinajstić information content (AvgIpc) is 2.31. The van der Waals surface area contributed by atoms with Crippen molar-refractivity contribution >= 4 is 0 Å². The fourth-order valence-electron chi connectivity index (χ4n) is 2.01. The fourth-order valence-corrected chi connectivity index (χ4v) is 2.01. The summed E-state index contributed by atoms with van der Waals surface area (Å²) in [6.07, 6.45) is 2.03. The molecule has 1 rings (SSSR count). The molecule has 0 fully saturated rings. The summed E-state index contributed by atoms with van der Waals surface area (Å²) in [5.74, 6) is 1.13. The summed E-state index contributed by atoms with van der Waals surface area (Å²) in [4.78, 5) is 0. The SMILES string of the molecule is CCC(CC(CN)CN)c1cccc(O)c1. The van der Waals surface area contributed by atoms with Gasteiger partial charge in [0.1, 0.15) is 5.75 Å². The second-order valence-corrected chi connectivity index (χ2v) is 4.27. The minimum Gasteiger partial charge on any atom is -0.508 e. The van der Waals surface area contributed by atoms with Gasteiger partial charge in [0.2, 0.25) is 0 Å². The molecule has 5 N–H and O–H groups in total. The van der Waals surface area contributed by atoms with Crippen LogP contribution >= 0.6 is 0 Å². The van der Waals surface area contributed by atoms with Gasteiger partial charge in [-0.3, -0.25) is 0 Å². The van der Waals surface area contributed by atoms with E-state index in [1.165, 1.54) is 5.56 Å². The van der Waals surface area contributed by atoms with Crippen LogP contribution in [0.5, 0.6) is 5.75 Å². The van der Waals surface area contributed by atoms with Gasteiger partial charge >= 0.3 is 0 Å². The van der Waals surface area contributed by atoms with Crippen LogP contribution in [0.2, 0.25) is 0 Å². The Hall–Kier alpha value is -1.06. The Balaban J connectivity index is 2.74.